The molecule has 86 valence electrons. The van der Waals surface area contributed by atoms with E-state index in [0.29, 0.717) is 30.0 Å². The highest BCUT2D eigenvalue weighted by Crippen LogP contribution is 2.21. The first-order valence-corrected chi connectivity index (χ1v) is 5.34. The van der Waals surface area contributed by atoms with Crippen molar-refractivity contribution in [3.63, 3.8) is 0 Å². The Bertz CT molecular complexity index is 399. The van der Waals surface area contributed by atoms with Crippen molar-refractivity contribution in [3.05, 3.63) is 23.8 Å². The van der Waals surface area contributed by atoms with Gasteiger partial charge in [0.05, 0.1) is 16.9 Å². The number of anilines is 2. The highest BCUT2D eigenvalue weighted by atomic mass is 16.2. The van der Waals surface area contributed by atoms with Crippen molar-refractivity contribution in [2.24, 2.45) is 0 Å². The van der Waals surface area contributed by atoms with Gasteiger partial charge in [0.2, 0.25) is 0 Å². The number of benzene rings is 1. The van der Waals surface area contributed by atoms with E-state index in [1.165, 1.54) is 0 Å². The van der Waals surface area contributed by atoms with Crippen molar-refractivity contribution in [1.82, 2.24) is 10.2 Å². The molecule has 1 amide bonds. The van der Waals surface area contributed by atoms with E-state index in [1.807, 2.05) is 0 Å². The van der Waals surface area contributed by atoms with E-state index in [4.69, 9.17) is 11.5 Å². The van der Waals surface area contributed by atoms with Gasteiger partial charge in [0, 0.05) is 26.2 Å². The average Bonchev–Trinajstić information content (AvgIpc) is 2.33. The fraction of sp³-hybridized carbons (Fsp3) is 0.364. The zero-order valence-electron chi connectivity index (χ0n) is 9.07. The normalized spacial score (nSPS) is 16.1. The molecule has 0 radical (unpaired) electrons. The summed E-state index contributed by atoms with van der Waals surface area (Å²) in [7, 11) is 0. The largest absolute Gasteiger partial charge is 0.397 e. The third-order valence-electron chi connectivity index (χ3n) is 2.77. The number of nitrogens with two attached hydrogens (primary N) is 2. The fourth-order valence-electron chi connectivity index (χ4n) is 1.81. The molecule has 2 rings (SSSR count). The maximum Gasteiger partial charge on any atom is 0.256 e. The van der Waals surface area contributed by atoms with Gasteiger partial charge >= 0.3 is 0 Å². The smallest absolute Gasteiger partial charge is 0.256 e. The maximum atomic E-state index is 12.1. The molecule has 0 aliphatic carbocycles. The van der Waals surface area contributed by atoms with Gasteiger partial charge in [0.1, 0.15) is 0 Å². The van der Waals surface area contributed by atoms with Crippen LogP contribution in [0.3, 0.4) is 0 Å². The fourth-order valence-corrected chi connectivity index (χ4v) is 1.81. The van der Waals surface area contributed by atoms with E-state index in [-0.39, 0.29) is 5.91 Å². The molecule has 0 aromatic heterocycles. The molecular weight excluding hydrogens is 204 g/mol. The van der Waals surface area contributed by atoms with Gasteiger partial charge in [0.15, 0.2) is 0 Å². The first-order valence-electron chi connectivity index (χ1n) is 5.34. The molecule has 0 atom stereocenters. The second-order valence-corrected chi connectivity index (χ2v) is 3.85. The lowest BCUT2D eigenvalue weighted by molar-refractivity contribution is 0.0737. The number of carbonyl (C=O) groups excluding carboxylic acids is 1. The first kappa shape index (κ1) is 10.8. The Hall–Kier alpha value is -1.75. The van der Waals surface area contributed by atoms with Gasteiger partial charge in [-0.3, -0.25) is 4.79 Å². The summed E-state index contributed by atoms with van der Waals surface area (Å²) in [5.74, 6) is -0.0358. The van der Waals surface area contributed by atoms with Gasteiger partial charge in [-0.2, -0.15) is 0 Å². The number of hydrogen-bond donors (Lipinski definition) is 3. The summed E-state index contributed by atoms with van der Waals surface area (Å²) < 4.78 is 0. The summed E-state index contributed by atoms with van der Waals surface area (Å²) in [5.41, 5.74) is 12.8. The average molecular weight is 220 g/mol. The zero-order chi connectivity index (χ0) is 11.5. The third-order valence-corrected chi connectivity index (χ3v) is 2.77. The van der Waals surface area contributed by atoms with E-state index in [1.54, 1.807) is 23.1 Å². The van der Waals surface area contributed by atoms with Crippen LogP contribution in [0.4, 0.5) is 11.4 Å². The Morgan fingerprint density at radius 2 is 1.94 bits per heavy atom. The Kier molecular flexibility index (Phi) is 2.96. The molecule has 1 heterocycles. The number of piperazine rings is 1. The highest BCUT2D eigenvalue weighted by Gasteiger charge is 2.20. The van der Waals surface area contributed by atoms with Crippen LogP contribution < -0.4 is 16.8 Å². The molecular formula is C11H16N4O. The summed E-state index contributed by atoms with van der Waals surface area (Å²) >= 11 is 0. The number of rotatable bonds is 1. The molecule has 0 saturated carbocycles. The molecule has 1 fully saturated rings. The van der Waals surface area contributed by atoms with Crippen LogP contribution in [-0.4, -0.2) is 37.0 Å². The molecule has 5 N–H and O–H groups in total. The van der Waals surface area contributed by atoms with E-state index in [9.17, 15) is 4.79 Å². The lowest BCUT2D eigenvalue weighted by Gasteiger charge is -2.28. The van der Waals surface area contributed by atoms with Crippen LogP contribution in [0.2, 0.25) is 0 Å². The van der Waals surface area contributed by atoms with Crippen LogP contribution >= 0.6 is 0 Å². The Morgan fingerprint density at radius 1 is 1.25 bits per heavy atom. The van der Waals surface area contributed by atoms with Crippen LogP contribution in [0.15, 0.2) is 18.2 Å². The second-order valence-electron chi connectivity index (χ2n) is 3.85. The zero-order valence-corrected chi connectivity index (χ0v) is 9.07. The van der Waals surface area contributed by atoms with Crippen molar-refractivity contribution in [3.8, 4) is 0 Å². The standard InChI is InChI=1S/C11H16N4O/c12-9-3-1-2-8(10(9)13)11(16)15-6-4-14-5-7-15/h1-3,14H,4-7,12-13H2. The molecule has 1 aliphatic heterocycles. The van der Waals surface area contributed by atoms with E-state index in [2.05, 4.69) is 5.32 Å². The summed E-state index contributed by atoms with van der Waals surface area (Å²) in [6.07, 6.45) is 0. The van der Waals surface area contributed by atoms with Crippen LogP contribution in [-0.2, 0) is 0 Å². The van der Waals surface area contributed by atoms with Gasteiger partial charge < -0.3 is 21.7 Å². The minimum Gasteiger partial charge on any atom is -0.397 e. The Labute approximate surface area is 94.4 Å². The van der Waals surface area contributed by atoms with Crippen LogP contribution in [0.5, 0.6) is 0 Å². The van der Waals surface area contributed by atoms with Gasteiger partial charge in [-0.05, 0) is 12.1 Å². The number of para-hydroxylation sites is 1. The summed E-state index contributed by atoms with van der Waals surface area (Å²) in [4.78, 5) is 13.9. The minimum atomic E-state index is -0.0358. The number of hydrogen-bond acceptors (Lipinski definition) is 4. The van der Waals surface area contributed by atoms with Crippen molar-refractivity contribution < 1.29 is 4.79 Å². The Morgan fingerprint density at radius 3 is 2.62 bits per heavy atom. The topological polar surface area (TPSA) is 84.4 Å². The van der Waals surface area contributed by atoms with Crippen LogP contribution in [0.1, 0.15) is 10.4 Å². The molecule has 16 heavy (non-hydrogen) atoms. The predicted octanol–water partition coefficient (Wildman–Crippen LogP) is -0.104. The maximum absolute atomic E-state index is 12.1. The molecule has 5 heteroatoms. The summed E-state index contributed by atoms with van der Waals surface area (Å²) in [5, 5.41) is 3.20. The minimum absolute atomic E-state index is 0.0358. The third kappa shape index (κ3) is 1.94. The van der Waals surface area contributed by atoms with Crippen molar-refractivity contribution >= 4 is 17.3 Å². The predicted molar refractivity (Wildman–Crippen MR) is 64.0 cm³/mol. The SMILES string of the molecule is Nc1cccc(C(=O)N2CCNCC2)c1N. The second kappa shape index (κ2) is 4.40. The lowest BCUT2D eigenvalue weighted by Crippen LogP contribution is -2.46. The number of nitrogens with zero attached hydrogens (tertiary/aromatic N) is 1. The molecule has 1 aromatic carbocycles. The highest BCUT2D eigenvalue weighted by molar-refractivity contribution is 6.01. The molecule has 1 saturated heterocycles. The molecule has 1 aliphatic rings. The van der Waals surface area contributed by atoms with Gasteiger partial charge in [-0.1, -0.05) is 6.07 Å². The van der Waals surface area contributed by atoms with Crippen molar-refractivity contribution in [1.29, 1.82) is 0 Å². The number of amides is 1. The first-order chi connectivity index (χ1) is 7.70. The lowest BCUT2D eigenvalue weighted by atomic mass is 10.1. The summed E-state index contributed by atoms with van der Waals surface area (Å²) in [6.45, 7) is 3.09. The monoisotopic (exact) mass is 220 g/mol. The van der Waals surface area contributed by atoms with Gasteiger partial charge in [-0.25, -0.2) is 0 Å². The quantitative estimate of drug-likeness (QED) is 0.577. The molecule has 5 nitrogen and oxygen atoms in total. The van der Waals surface area contributed by atoms with Gasteiger partial charge in [-0.15, -0.1) is 0 Å². The van der Waals surface area contributed by atoms with Crippen LogP contribution in [0.25, 0.3) is 0 Å². The van der Waals surface area contributed by atoms with Gasteiger partial charge in [0.25, 0.3) is 5.91 Å². The number of nitrogens with one attached hydrogen (secondary N) is 1. The number of carbonyl (C=O) groups is 1. The van der Waals surface area contributed by atoms with Crippen molar-refractivity contribution in [2.45, 2.75) is 0 Å². The Balaban J connectivity index is 2.22. The molecule has 0 bridgehead atoms. The van der Waals surface area contributed by atoms with Crippen LogP contribution in [0, 0.1) is 0 Å². The summed E-state index contributed by atoms with van der Waals surface area (Å²) in [6, 6.07) is 5.17. The molecule has 0 spiro atoms. The molecule has 1 aromatic rings. The van der Waals surface area contributed by atoms with E-state index >= 15 is 0 Å². The van der Waals surface area contributed by atoms with Crippen molar-refractivity contribution in [2.75, 3.05) is 37.6 Å². The van der Waals surface area contributed by atoms with E-state index < -0.39 is 0 Å². The van der Waals surface area contributed by atoms with E-state index in [0.717, 1.165) is 13.1 Å². The number of nitrogen functional groups attached to an aromatic ring is 2. The molecule has 0 unspecified atom stereocenters.